The van der Waals surface area contributed by atoms with Gasteiger partial charge < -0.3 is 0 Å². The second-order valence-corrected chi connectivity index (χ2v) is 6.62. The zero-order valence-corrected chi connectivity index (χ0v) is 13.1. The number of hydrogen-bond donors (Lipinski definition) is 2. The largest absolute Gasteiger partial charge is 0.277 e. The van der Waals surface area contributed by atoms with Crippen LogP contribution in [0.2, 0.25) is 5.02 Å². The summed E-state index contributed by atoms with van der Waals surface area (Å²) in [5, 5.41) is 0.0433. The van der Waals surface area contributed by atoms with Crippen molar-refractivity contribution < 1.29 is 22.0 Å². The minimum atomic E-state index is -4.28. The number of hydrazine groups is 1. The molecule has 2 rings (SSSR count). The lowest BCUT2D eigenvalue weighted by molar-refractivity contribution is -0.120. The van der Waals surface area contributed by atoms with Crippen LogP contribution in [0, 0.1) is 11.6 Å². The first-order valence-electron chi connectivity index (χ1n) is 6.28. The molecule has 0 aliphatic heterocycles. The van der Waals surface area contributed by atoms with Gasteiger partial charge in [0.05, 0.1) is 6.42 Å². The van der Waals surface area contributed by atoms with Crippen LogP contribution in [0.1, 0.15) is 5.56 Å². The van der Waals surface area contributed by atoms with Gasteiger partial charge >= 0.3 is 0 Å². The SMILES string of the molecule is O=C(Cc1ccc(F)cc1)NNS(=O)(=O)c1ccc(Cl)cc1F. The summed E-state index contributed by atoms with van der Waals surface area (Å²) >= 11 is 5.54. The van der Waals surface area contributed by atoms with Gasteiger partial charge in [-0.3, -0.25) is 10.2 Å². The highest BCUT2D eigenvalue weighted by atomic mass is 35.5. The zero-order chi connectivity index (χ0) is 17.0. The van der Waals surface area contributed by atoms with Crippen molar-refractivity contribution in [2.24, 2.45) is 0 Å². The highest BCUT2D eigenvalue weighted by molar-refractivity contribution is 7.89. The van der Waals surface area contributed by atoms with Crippen LogP contribution in [0.25, 0.3) is 0 Å². The molecule has 0 atom stereocenters. The van der Waals surface area contributed by atoms with Gasteiger partial charge in [-0.15, -0.1) is 4.83 Å². The first-order chi connectivity index (χ1) is 10.8. The van der Waals surface area contributed by atoms with Crippen molar-refractivity contribution in [1.82, 2.24) is 10.3 Å². The van der Waals surface area contributed by atoms with E-state index in [9.17, 15) is 22.0 Å². The van der Waals surface area contributed by atoms with Crippen molar-refractivity contribution in [2.75, 3.05) is 0 Å². The fraction of sp³-hybridized carbons (Fsp3) is 0.0714. The summed E-state index contributed by atoms with van der Waals surface area (Å²) in [7, 11) is -4.28. The third-order valence-electron chi connectivity index (χ3n) is 2.79. The molecule has 0 unspecified atom stereocenters. The maximum Gasteiger partial charge on any atom is 0.260 e. The smallest absolute Gasteiger partial charge is 0.260 e. The summed E-state index contributed by atoms with van der Waals surface area (Å²) in [6.45, 7) is 0. The van der Waals surface area contributed by atoms with Crippen LogP contribution < -0.4 is 10.3 Å². The van der Waals surface area contributed by atoms with Gasteiger partial charge in [-0.05, 0) is 35.9 Å². The quantitative estimate of drug-likeness (QED) is 0.802. The van der Waals surface area contributed by atoms with Gasteiger partial charge in [0, 0.05) is 5.02 Å². The summed E-state index contributed by atoms with van der Waals surface area (Å²) in [5.41, 5.74) is 2.44. The van der Waals surface area contributed by atoms with Gasteiger partial charge in [-0.1, -0.05) is 23.7 Å². The Morgan fingerprint density at radius 3 is 2.35 bits per heavy atom. The van der Waals surface area contributed by atoms with Gasteiger partial charge in [-0.25, -0.2) is 17.2 Å². The molecule has 9 heteroatoms. The molecule has 23 heavy (non-hydrogen) atoms. The number of carbonyl (C=O) groups excluding carboxylic acids is 1. The van der Waals surface area contributed by atoms with Crippen LogP contribution >= 0.6 is 11.6 Å². The Labute approximate surface area is 136 Å². The van der Waals surface area contributed by atoms with Crippen molar-refractivity contribution >= 4 is 27.5 Å². The summed E-state index contributed by atoms with van der Waals surface area (Å²) < 4.78 is 50.2. The molecular weight excluding hydrogens is 350 g/mol. The van der Waals surface area contributed by atoms with E-state index in [1.165, 1.54) is 30.3 Å². The normalized spacial score (nSPS) is 11.3. The third-order valence-corrected chi connectivity index (χ3v) is 4.30. The van der Waals surface area contributed by atoms with E-state index in [0.717, 1.165) is 12.1 Å². The first-order valence-corrected chi connectivity index (χ1v) is 8.14. The van der Waals surface area contributed by atoms with Crippen LogP contribution in [0.4, 0.5) is 8.78 Å². The number of benzene rings is 2. The molecule has 122 valence electrons. The Bertz CT molecular complexity index is 826. The molecule has 0 fully saturated rings. The summed E-state index contributed by atoms with van der Waals surface area (Å²) in [6.07, 6.45) is -0.175. The maximum atomic E-state index is 13.6. The van der Waals surface area contributed by atoms with Gasteiger partial charge in [0.1, 0.15) is 16.5 Å². The lowest BCUT2D eigenvalue weighted by Crippen LogP contribution is -2.42. The van der Waals surface area contributed by atoms with Gasteiger partial charge in [-0.2, -0.15) is 0 Å². The van der Waals surface area contributed by atoms with E-state index in [0.29, 0.717) is 5.56 Å². The van der Waals surface area contributed by atoms with Crippen molar-refractivity contribution in [3.8, 4) is 0 Å². The van der Waals surface area contributed by atoms with Crippen molar-refractivity contribution in [1.29, 1.82) is 0 Å². The molecule has 0 saturated carbocycles. The van der Waals surface area contributed by atoms with E-state index in [-0.39, 0.29) is 11.4 Å². The summed E-state index contributed by atoms with van der Waals surface area (Å²) in [5.74, 6) is -2.18. The number of sulfonamides is 1. The molecule has 0 spiro atoms. The van der Waals surface area contributed by atoms with E-state index in [1.807, 2.05) is 5.43 Å². The standard InChI is InChI=1S/C14H11ClF2N2O3S/c15-10-3-6-13(12(17)8-10)23(21,22)19-18-14(20)7-9-1-4-11(16)5-2-9/h1-6,8,19H,7H2,(H,18,20). The lowest BCUT2D eigenvalue weighted by Gasteiger charge is -2.09. The van der Waals surface area contributed by atoms with E-state index >= 15 is 0 Å². The number of rotatable bonds is 5. The van der Waals surface area contributed by atoms with Crippen molar-refractivity contribution in [3.63, 3.8) is 0 Å². The average Bonchev–Trinajstić information content (AvgIpc) is 2.47. The third kappa shape index (κ3) is 4.72. The van der Waals surface area contributed by atoms with Crippen LogP contribution in [-0.4, -0.2) is 14.3 Å². The molecule has 0 radical (unpaired) electrons. The van der Waals surface area contributed by atoms with Gasteiger partial charge in [0.25, 0.3) is 10.0 Å². The molecule has 5 nitrogen and oxygen atoms in total. The van der Waals surface area contributed by atoms with E-state index in [1.54, 1.807) is 4.83 Å². The number of amides is 1. The Morgan fingerprint density at radius 1 is 1.09 bits per heavy atom. The lowest BCUT2D eigenvalue weighted by atomic mass is 10.1. The Kier molecular flexibility index (Phi) is 5.30. The number of nitrogens with one attached hydrogen (secondary N) is 2. The topological polar surface area (TPSA) is 75.3 Å². The van der Waals surface area contributed by atoms with Gasteiger partial charge in [0.15, 0.2) is 0 Å². The Balaban J connectivity index is 2.01. The maximum absolute atomic E-state index is 13.6. The molecule has 0 aromatic heterocycles. The summed E-state index contributed by atoms with van der Waals surface area (Å²) in [4.78, 5) is 12.8. The predicted octanol–water partition coefficient (Wildman–Crippen LogP) is 2.17. The Hall–Kier alpha value is -2.03. The van der Waals surface area contributed by atoms with Crippen LogP contribution in [0.15, 0.2) is 47.4 Å². The molecule has 0 heterocycles. The molecule has 2 N–H and O–H groups in total. The Morgan fingerprint density at radius 2 is 1.74 bits per heavy atom. The number of hydrogen-bond acceptors (Lipinski definition) is 3. The molecule has 1 amide bonds. The fourth-order valence-corrected chi connectivity index (χ4v) is 2.78. The highest BCUT2D eigenvalue weighted by Gasteiger charge is 2.20. The minimum absolute atomic E-state index is 0.0433. The molecule has 2 aromatic rings. The fourth-order valence-electron chi connectivity index (χ4n) is 1.70. The minimum Gasteiger partial charge on any atom is -0.277 e. The zero-order valence-electron chi connectivity index (χ0n) is 11.5. The predicted molar refractivity (Wildman–Crippen MR) is 80.0 cm³/mol. The molecule has 0 aliphatic rings. The van der Waals surface area contributed by atoms with E-state index in [4.69, 9.17) is 11.6 Å². The molecule has 2 aromatic carbocycles. The second kappa shape index (κ2) is 7.03. The first kappa shape index (κ1) is 17.3. The molecular formula is C14H11ClF2N2O3S. The van der Waals surface area contributed by atoms with Crippen LogP contribution in [0.5, 0.6) is 0 Å². The van der Waals surface area contributed by atoms with E-state index < -0.39 is 32.5 Å². The second-order valence-electron chi connectivity index (χ2n) is 4.53. The van der Waals surface area contributed by atoms with E-state index in [2.05, 4.69) is 0 Å². The summed E-state index contributed by atoms with van der Waals surface area (Å²) in [6, 6.07) is 8.17. The number of halogens is 3. The molecule has 0 bridgehead atoms. The van der Waals surface area contributed by atoms with Crippen LogP contribution in [-0.2, 0) is 21.2 Å². The van der Waals surface area contributed by atoms with Crippen molar-refractivity contribution in [3.05, 3.63) is 64.7 Å². The van der Waals surface area contributed by atoms with Crippen LogP contribution in [0.3, 0.4) is 0 Å². The van der Waals surface area contributed by atoms with Crippen molar-refractivity contribution in [2.45, 2.75) is 11.3 Å². The average molecular weight is 361 g/mol. The monoisotopic (exact) mass is 360 g/mol. The number of carbonyl (C=O) groups is 1. The van der Waals surface area contributed by atoms with Gasteiger partial charge in [0.2, 0.25) is 5.91 Å². The molecule has 0 saturated heterocycles. The highest BCUT2D eigenvalue weighted by Crippen LogP contribution is 2.18. The molecule has 0 aliphatic carbocycles.